The Morgan fingerprint density at radius 3 is 2.45 bits per heavy atom. The maximum Gasteiger partial charge on any atom is 0.410 e. The summed E-state index contributed by atoms with van der Waals surface area (Å²) in [5.41, 5.74) is -0.395. The quantitative estimate of drug-likeness (QED) is 0.328. The van der Waals surface area contributed by atoms with Gasteiger partial charge in [-0.3, -0.25) is 9.59 Å². The number of carbonyl (C=O) groups is 2. The molecule has 0 radical (unpaired) electrons. The molecule has 242 valence electrons. The number of amides is 2. The average Bonchev–Trinajstić information content (AvgIpc) is 3.81. The van der Waals surface area contributed by atoms with Crippen molar-refractivity contribution in [3.63, 3.8) is 0 Å². The van der Waals surface area contributed by atoms with Crippen molar-refractivity contribution in [3.8, 4) is 5.75 Å². The number of nitrogens with zero attached hydrogens (tertiary/aromatic N) is 2. The number of pyridine rings is 1. The highest BCUT2D eigenvalue weighted by Gasteiger charge is 2.51. The van der Waals surface area contributed by atoms with Crippen LogP contribution in [0.3, 0.4) is 0 Å². The number of likely N-dealkylation sites (tertiary alicyclic amines) is 1. The zero-order chi connectivity index (χ0) is 31.9. The van der Waals surface area contributed by atoms with E-state index in [1.807, 2.05) is 17.0 Å². The highest BCUT2D eigenvalue weighted by Crippen LogP contribution is 2.41. The van der Waals surface area contributed by atoms with Gasteiger partial charge in [-0.15, -0.1) is 0 Å². The molecule has 1 aromatic carbocycles. The molecule has 0 spiro atoms. The second-order valence-electron chi connectivity index (χ2n) is 12.7. The van der Waals surface area contributed by atoms with Crippen LogP contribution in [0.2, 0.25) is 0 Å². The number of benzene rings is 1. The van der Waals surface area contributed by atoms with Crippen LogP contribution in [-0.2, 0) is 37.6 Å². The van der Waals surface area contributed by atoms with Crippen LogP contribution in [0.25, 0.3) is 0 Å². The molecular weight excluding hydrogens is 566 g/mol. The SMILES string of the molecule is COCCCc1cc(CN(C(=O)[C@H]2CN(C(=O)OC(C)(C)C)CC[C@]2(O)c2cc[nH]c(=O)c2)C2CC2)cc(OCCOC)c1. The number of rotatable bonds is 13. The molecule has 11 nitrogen and oxygen atoms in total. The highest BCUT2D eigenvalue weighted by molar-refractivity contribution is 5.82. The number of hydrogen-bond acceptors (Lipinski definition) is 8. The summed E-state index contributed by atoms with van der Waals surface area (Å²) in [5, 5.41) is 12.2. The van der Waals surface area contributed by atoms with Gasteiger partial charge in [-0.05, 0) is 87.8 Å². The van der Waals surface area contributed by atoms with Crippen LogP contribution >= 0.6 is 0 Å². The first-order valence-electron chi connectivity index (χ1n) is 15.4. The van der Waals surface area contributed by atoms with Gasteiger partial charge in [0.1, 0.15) is 23.6 Å². The fourth-order valence-corrected chi connectivity index (χ4v) is 5.66. The van der Waals surface area contributed by atoms with Gasteiger partial charge in [0.2, 0.25) is 11.5 Å². The Labute approximate surface area is 259 Å². The molecule has 44 heavy (non-hydrogen) atoms. The number of piperidine rings is 1. The number of carbonyl (C=O) groups excluding carboxylic acids is 2. The number of ether oxygens (including phenoxy) is 4. The molecule has 1 saturated heterocycles. The lowest BCUT2D eigenvalue weighted by Gasteiger charge is -2.45. The van der Waals surface area contributed by atoms with E-state index in [1.54, 1.807) is 41.1 Å². The standard InChI is InChI=1S/C33H47N3O8/c1-32(2,3)44-31(39)35-13-11-33(40,25-10-12-34-29(37)20-25)28(22-35)30(38)36(26-8-9-26)21-24-17-23(7-6-14-41-4)18-27(19-24)43-16-15-42-5/h10,12,17-20,26,28,40H,6-9,11,13-16,21-22H2,1-5H3,(H,34,37)/t28-,33+/m1/s1. The molecule has 2 aromatic rings. The molecular formula is C33H47N3O8. The lowest BCUT2D eigenvalue weighted by Crippen LogP contribution is -2.58. The Morgan fingerprint density at radius 2 is 1.80 bits per heavy atom. The van der Waals surface area contributed by atoms with Crippen molar-refractivity contribution < 1.29 is 33.6 Å². The number of aliphatic hydroxyl groups is 1. The highest BCUT2D eigenvalue weighted by atomic mass is 16.6. The lowest BCUT2D eigenvalue weighted by molar-refractivity contribution is -0.155. The first-order valence-corrected chi connectivity index (χ1v) is 15.4. The summed E-state index contributed by atoms with van der Waals surface area (Å²) in [6.07, 6.45) is 4.34. The third-order valence-corrected chi connectivity index (χ3v) is 7.99. The van der Waals surface area contributed by atoms with Crippen molar-refractivity contribution in [1.82, 2.24) is 14.8 Å². The van der Waals surface area contributed by atoms with Crippen molar-refractivity contribution in [3.05, 3.63) is 63.6 Å². The molecule has 2 heterocycles. The minimum Gasteiger partial charge on any atom is -0.491 e. The Morgan fingerprint density at radius 1 is 1.07 bits per heavy atom. The molecule has 2 N–H and O–H groups in total. The maximum absolute atomic E-state index is 14.5. The van der Waals surface area contributed by atoms with Crippen LogP contribution in [0, 0.1) is 5.92 Å². The van der Waals surface area contributed by atoms with Gasteiger partial charge in [0, 0.05) is 58.8 Å². The van der Waals surface area contributed by atoms with Crippen LogP contribution in [-0.4, -0.2) is 90.7 Å². The van der Waals surface area contributed by atoms with Crippen LogP contribution in [0.4, 0.5) is 4.79 Å². The molecule has 2 atom stereocenters. The summed E-state index contributed by atoms with van der Waals surface area (Å²) in [4.78, 5) is 45.8. The van der Waals surface area contributed by atoms with Gasteiger partial charge in [0.15, 0.2) is 0 Å². The Bertz CT molecular complexity index is 1310. The van der Waals surface area contributed by atoms with E-state index in [1.165, 1.54) is 17.2 Å². The summed E-state index contributed by atoms with van der Waals surface area (Å²) in [7, 11) is 3.30. The molecule has 4 rings (SSSR count). The van der Waals surface area contributed by atoms with Crippen molar-refractivity contribution in [2.24, 2.45) is 5.92 Å². The fourth-order valence-electron chi connectivity index (χ4n) is 5.66. The van der Waals surface area contributed by atoms with E-state index in [-0.39, 0.29) is 37.0 Å². The van der Waals surface area contributed by atoms with E-state index in [0.29, 0.717) is 37.7 Å². The van der Waals surface area contributed by atoms with Gasteiger partial charge in [-0.2, -0.15) is 0 Å². The predicted octanol–water partition coefficient (Wildman–Crippen LogP) is 3.61. The Hall–Kier alpha value is -3.41. The molecule has 1 saturated carbocycles. The van der Waals surface area contributed by atoms with Gasteiger partial charge in [0.25, 0.3) is 0 Å². The van der Waals surface area contributed by atoms with E-state index < -0.39 is 23.2 Å². The molecule has 0 bridgehead atoms. The van der Waals surface area contributed by atoms with Crippen LogP contribution in [0.15, 0.2) is 41.3 Å². The number of aryl methyl sites for hydroxylation is 1. The van der Waals surface area contributed by atoms with Crippen LogP contribution < -0.4 is 10.3 Å². The van der Waals surface area contributed by atoms with Gasteiger partial charge in [-0.1, -0.05) is 6.07 Å². The molecule has 11 heteroatoms. The van der Waals surface area contributed by atoms with Crippen molar-refractivity contribution in [1.29, 1.82) is 0 Å². The second-order valence-corrected chi connectivity index (χ2v) is 12.7. The minimum absolute atomic E-state index is 0.0119. The largest absolute Gasteiger partial charge is 0.491 e. The summed E-state index contributed by atoms with van der Waals surface area (Å²) in [6.45, 7) is 7.30. The van der Waals surface area contributed by atoms with E-state index in [2.05, 4.69) is 11.1 Å². The zero-order valence-electron chi connectivity index (χ0n) is 26.6. The van der Waals surface area contributed by atoms with Crippen LogP contribution in [0.5, 0.6) is 5.75 Å². The monoisotopic (exact) mass is 613 g/mol. The summed E-state index contributed by atoms with van der Waals surface area (Å²) in [5.74, 6) is -0.576. The summed E-state index contributed by atoms with van der Waals surface area (Å²) >= 11 is 0. The van der Waals surface area contributed by atoms with Crippen molar-refractivity contribution in [2.75, 3.05) is 47.1 Å². The first kappa shape index (κ1) is 33.5. The maximum atomic E-state index is 14.5. The smallest absolute Gasteiger partial charge is 0.410 e. The minimum atomic E-state index is -1.65. The molecule has 0 unspecified atom stereocenters. The number of hydrogen-bond donors (Lipinski definition) is 2. The fraction of sp³-hybridized carbons (Fsp3) is 0.606. The third-order valence-electron chi connectivity index (χ3n) is 7.99. The Kier molecular flexibility index (Phi) is 11.1. The number of methoxy groups -OCH3 is 2. The van der Waals surface area contributed by atoms with Gasteiger partial charge in [-0.25, -0.2) is 4.79 Å². The molecule has 2 fully saturated rings. The molecule has 2 aliphatic rings. The number of aromatic amines is 1. The van der Waals surface area contributed by atoms with E-state index in [0.717, 1.165) is 36.8 Å². The Balaban J connectivity index is 1.65. The van der Waals surface area contributed by atoms with Gasteiger partial charge in [0.05, 0.1) is 12.5 Å². The second kappa shape index (κ2) is 14.6. The lowest BCUT2D eigenvalue weighted by atomic mass is 9.75. The average molecular weight is 614 g/mol. The van der Waals surface area contributed by atoms with Crippen molar-refractivity contribution in [2.45, 2.75) is 76.7 Å². The molecule has 1 aliphatic heterocycles. The molecule has 2 amide bonds. The van der Waals surface area contributed by atoms with E-state index in [4.69, 9.17) is 18.9 Å². The first-order chi connectivity index (χ1) is 20.9. The predicted molar refractivity (Wildman–Crippen MR) is 164 cm³/mol. The van der Waals surface area contributed by atoms with Gasteiger partial charge >= 0.3 is 6.09 Å². The molecule has 1 aliphatic carbocycles. The van der Waals surface area contributed by atoms with E-state index >= 15 is 0 Å². The van der Waals surface area contributed by atoms with Crippen molar-refractivity contribution >= 4 is 12.0 Å². The number of nitrogens with one attached hydrogen (secondary N) is 1. The topological polar surface area (TPSA) is 131 Å². The number of aromatic nitrogens is 1. The summed E-state index contributed by atoms with van der Waals surface area (Å²) in [6, 6.07) is 8.99. The van der Waals surface area contributed by atoms with Crippen LogP contribution in [0.1, 0.15) is 63.1 Å². The van der Waals surface area contributed by atoms with E-state index in [9.17, 15) is 19.5 Å². The molecule has 1 aromatic heterocycles. The summed E-state index contributed by atoms with van der Waals surface area (Å²) < 4.78 is 22.0. The number of H-pyrrole nitrogens is 1. The van der Waals surface area contributed by atoms with Gasteiger partial charge < -0.3 is 38.8 Å². The normalized spacial score (nSPS) is 20.3. The third kappa shape index (κ3) is 8.83. The zero-order valence-corrected chi connectivity index (χ0v) is 26.6.